The molecule has 1 aliphatic carbocycles. The van der Waals surface area contributed by atoms with Crippen LogP contribution in [0.3, 0.4) is 0 Å². The highest BCUT2D eigenvalue weighted by atomic mass is 16.2. The number of rotatable bonds is 5. The molecule has 182 valence electrons. The van der Waals surface area contributed by atoms with Crippen molar-refractivity contribution in [3.05, 3.63) is 79.5 Å². The topological polar surface area (TPSA) is 90.4 Å². The SMILES string of the molecule is Cc1ccc(C)c(Cn2nc3n(C(C)C)c(=O)c4ccc(C(=O)NC5CCCC5)cc4n3c2=O)c1. The van der Waals surface area contributed by atoms with Gasteiger partial charge in [0.25, 0.3) is 11.5 Å². The summed E-state index contributed by atoms with van der Waals surface area (Å²) in [7, 11) is 0. The zero-order valence-electron chi connectivity index (χ0n) is 20.7. The monoisotopic (exact) mass is 473 g/mol. The molecule has 0 bridgehead atoms. The summed E-state index contributed by atoms with van der Waals surface area (Å²) in [5.74, 6) is 0.0944. The Hall–Kier alpha value is -3.68. The number of benzene rings is 2. The van der Waals surface area contributed by atoms with Gasteiger partial charge >= 0.3 is 5.69 Å². The first-order chi connectivity index (χ1) is 16.7. The van der Waals surface area contributed by atoms with Crippen LogP contribution in [0, 0.1) is 13.8 Å². The molecule has 1 amide bonds. The first kappa shape index (κ1) is 23.1. The minimum atomic E-state index is -0.339. The van der Waals surface area contributed by atoms with Crippen molar-refractivity contribution in [2.75, 3.05) is 0 Å². The van der Waals surface area contributed by atoms with Crippen molar-refractivity contribution < 1.29 is 4.79 Å². The van der Waals surface area contributed by atoms with Gasteiger partial charge in [-0.15, -0.1) is 5.10 Å². The second-order valence-corrected chi connectivity index (χ2v) is 9.96. The third-order valence-electron chi connectivity index (χ3n) is 7.02. The summed E-state index contributed by atoms with van der Waals surface area (Å²) in [5.41, 5.74) is 3.43. The fourth-order valence-electron chi connectivity index (χ4n) is 5.06. The fourth-order valence-corrected chi connectivity index (χ4v) is 5.06. The van der Waals surface area contributed by atoms with Crippen molar-refractivity contribution in [3.63, 3.8) is 0 Å². The van der Waals surface area contributed by atoms with E-state index in [0.717, 1.165) is 42.4 Å². The molecular weight excluding hydrogens is 442 g/mol. The Morgan fingerprint density at radius 3 is 2.54 bits per heavy atom. The van der Waals surface area contributed by atoms with E-state index in [1.165, 1.54) is 9.08 Å². The van der Waals surface area contributed by atoms with Gasteiger partial charge in [0.05, 0.1) is 17.4 Å². The highest BCUT2D eigenvalue weighted by Gasteiger charge is 2.22. The van der Waals surface area contributed by atoms with Crippen molar-refractivity contribution in [1.29, 1.82) is 0 Å². The molecule has 8 heteroatoms. The third kappa shape index (κ3) is 4.07. The number of hydrogen-bond acceptors (Lipinski definition) is 4. The van der Waals surface area contributed by atoms with Gasteiger partial charge in [0.2, 0.25) is 5.78 Å². The van der Waals surface area contributed by atoms with E-state index < -0.39 is 0 Å². The second-order valence-electron chi connectivity index (χ2n) is 9.96. The predicted molar refractivity (Wildman–Crippen MR) is 136 cm³/mol. The zero-order valence-corrected chi connectivity index (χ0v) is 20.7. The highest BCUT2D eigenvalue weighted by molar-refractivity contribution is 5.98. The lowest BCUT2D eigenvalue weighted by atomic mass is 10.1. The normalized spacial score (nSPS) is 14.4. The average Bonchev–Trinajstić information content (AvgIpc) is 3.44. The molecule has 0 saturated heterocycles. The van der Waals surface area contributed by atoms with Gasteiger partial charge in [0, 0.05) is 17.6 Å². The molecule has 0 spiro atoms. The zero-order chi connectivity index (χ0) is 24.9. The lowest BCUT2D eigenvalue weighted by Gasteiger charge is -2.14. The molecule has 4 aromatic rings. The summed E-state index contributed by atoms with van der Waals surface area (Å²) in [5, 5.41) is 8.07. The summed E-state index contributed by atoms with van der Waals surface area (Å²) < 4.78 is 4.41. The maximum Gasteiger partial charge on any atom is 0.352 e. The van der Waals surface area contributed by atoms with Crippen LogP contribution in [0.15, 0.2) is 46.0 Å². The third-order valence-corrected chi connectivity index (χ3v) is 7.02. The van der Waals surface area contributed by atoms with Gasteiger partial charge in [-0.1, -0.05) is 36.6 Å². The molecular formula is C27H31N5O3. The summed E-state index contributed by atoms with van der Waals surface area (Å²) in [4.78, 5) is 40.0. The Balaban J connectivity index is 1.70. The van der Waals surface area contributed by atoms with Gasteiger partial charge in [-0.2, -0.15) is 0 Å². The van der Waals surface area contributed by atoms with E-state index in [2.05, 4.69) is 10.4 Å². The first-order valence-corrected chi connectivity index (χ1v) is 12.3. The van der Waals surface area contributed by atoms with Crippen LogP contribution in [-0.2, 0) is 6.54 Å². The summed E-state index contributed by atoms with van der Waals surface area (Å²) in [6.45, 7) is 8.10. The number of fused-ring (bicyclic) bond motifs is 3. The summed E-state index contributed by atoms with van der Waals surface area (Å²) in [6.07, 6.45) is 4.20. The number of carbonyl (C=O) groups is 1. The molecule has 0 radical (unpaired) electrons. The van der Waals surface area contributed by atoms with E-state index in [1.54, 1.807) is 22.8 Å². The number of nitrogens with zero attached hydrogens (tertiary/aromatic N) is 4. The van der Waals surface area contributed by atoms with E-state index in [0.29, 0.717) is 23.0 Å². The quantitative estimate of drug-likeness (QED) is 0.478. The Morgan fingerprint density at radius 1 is 1.09 bits per heavy atom. The molecule has 2 heterocycles. The van der Waals surface area contributed by atoms with E-state index in [9.17, 15) is 14.4 Å². The standard InChI is InChI=1S/C27H31N5O3/c1-16(2)31-25(34)22-12-11-19(24(33)28-21-7-5-6-8-21)14-23(22)32-26(31)29-30(27(32)35)15-20-13-17(3)9-10-18(20)4/h9-14,16,21H,5-8,15H2,1-4H3,(H,28,33). The Kier molecular flexibility index (Phi) is 5.83. The predicted octanol–water partition coefficient (Wildman–Crippen LogP) is 3.73. The number of amides is 1. The average molecular weight is 474 g/mol. The van der Waals surface area contributed by atoms with Gasteiger partial charge in [0.15, 0.2) is 0 Å². The van der Waals surface area contributed by atoms with Crippen LogP contribution < -0.4 is 16.6 Å². The maximum absolute atomic E-state index is 13.6. The van der Waals surface area contributed by atoms with Crippen molar-refractivity contribution in [2.24, 2.45) is 0 Å². The molecule has 2 aromatic heterocycles. The minimum Gasteiger partial charge on any atom is -0.349 e. The van der Waals surface area contributed by atoms with Gasteiger partial charge in [-0.05, 0) is 69.9 Å². The molecule has 8 nitrogen and oxygen atoms in total. The van der Waals surface area contributed by atoms with Crippen LogP contribution in [0.5, 0.6) is 0 Å². The van der Waals surface area contributed by atoms with Crippen molar-refractivity contribution in [3.8, 4) is 0 Å². The molecule has 1 saturated carbocycles. The molecule has 35 heavy (non-hydrogen) atoms. The number of carbonyl (C=O) groups excluding carboxylic acids is 1. The molecule has 1 N–H and O–H groups in total. The smallest absolute Gasteiger partial charge is 0.349 e. The van der Waals surface area contributed by atoms with Gasteiger partial charge in [-0.25, -0.2) is 13.9 Å². The van der Waals surface area contributed by atoms with Gasteiger partial charge < -0.3 is 5.32 Å². The second kappa shape index (κ2) is 8.83. The maximum atomic E-state index is 13.6. The molecule has 5 rings (SSSR count). The summed E-state index contributed by atoms with van der Waals surface area (Å²) >= 11 is 0. The Labute approximate surface area is 203 Å². The van der Waals surface area contributed by atoms with Crippen LogP contribution in [0.25, 0.3) is 16.7 Å². The van der Waals surface area contributed by atoms with Gasteiger partial charge in [0.1, 0.15) is 0 Å². The lowest BCUT2D eigenvalue weighted by molar-refractivity contribution is 0.0938. The van der Waals surface area contributed by atoms with E-state index in [4.69, 9.17) is 0 Å². The van der Waals surface area contributed by atoms with Crippen molar-refractivity contribution in [2.45, 2.75) is 72.0 Å². The molecule has 0 atom stereocenters. The number of aromatic nitrogens is 4. The van der Waals surface area contributed by atoms with Crippen LogP contribution in [0.4, 0.5) is 0 Å². The first-order valence-electron chi connectivity index (χ1n) is 12.3. The van der Waals surface area contributed by atoms with Crippen LogP contribution in [0.2, 0.25) is 0 Å². The highest BCUT2D eigenvalue weighted by Crippen LogP contribution is 2.20. The fraction of sp³-hybridized carbons (Fsp3) is 0.407. The number of hydrogen-bond donors (Lipinski definition) is 1. The van der Waals surface area contributed by atoms with Crippen molar-refractivity contribution in [1.82, 2.24) is 24.1 Å². The van der Waals surface area contributed by atoms with Crippen molar-refractivity contribution >= 4 is 22.6 Å². The summed E-state index contributed by atoms with van der Waals surface area (Å²) in [6, 6.07) is 11.0. The lowest BCUT2D eigenvalue weighted by Crippen LogP contribution is -2.33. The number of nitrogens with one attached hydrogen (secondary N) is 1. The minimum absolute atomic E-state index is 0.176. The van der Waals surface area contributed by atoms with E-state index in [1.807, 2.05) is 45.9 Å². The van der Waals surface area contributed by atoms with Crippen LogP contribution >= 0.6 is 0 Å². The van der Waals surface area contributed by atoms with Crippen LogP contribution in [0.1, 0.15) is 72.6 Å². The Morgan fingerprint density at radius 2 is 1.83 bits per heavy atom. The number of aryl methyl sites for hydroxylation is 2. The molecule has 2 aromatic carbocycles. The largest absolute Gasteiger partial charge is 0.352 e. The van der Waals surface area contributed by atoms with Crippen LogP contribution in [-0.4, -0.2) is 30.7 Å². The molecule has 1 aliphatic rings. The van der Waals surface area contributed by atoms with E-state index >= 15 is 0 Å². The molecule has 1 fully saturated rings. The van der Waals surface area contributed by atoms with E-state index in [-0.39, 0.29) is 35.0 Å². The molecule has 0 unspecified atom stereocenters. The Bertz CT molecular complexity index is 1570. The molecule has 0 aliphatic heterocycles. The van der Waals surface area contributed by atoms with Gasteiger partial charge in [-0.3, -0.25) is 14.2 Å².